The minimum Gasteiger partial charge on any atom is -1.00 e. The first-order valence-corrected chi connectivity index (χ1v) is 4.61. The van der Waals surface area contributed by atoms with Gasteiger partial charge in [-0.05, 0) is 6.42 Å². The van der Waals surface area contributed by atoms with Gasteiger partial charge in [0.05, 0.1) is 0 Å². The zero-order valence-corrected chi connectivity index (χ0v) is 11.0. The van der Waals surface area contributed by atoms with Crippen LogP contribution < -0.4 is 35.3 Å². The van der Waals surface area contributed by atoms with Crippen LogP contribution in [0.15, 0.2) is 0 Å². The van der Waals surface area contributed by atoms with Crippen LogP contribution in [0.3, 0.4) is 0 Å². The van der Waals surface area contributed by atoms with Crippen LogP contribution in [0.4, 0.5) is 0 Å². The molecule has 0 aliphatic carbocycles. The minimum atomic E-state index is -1.11. The molecule has 0 aromatic heterocycles. The van der Waals surface area contributed by atoms with Gasteiger partial charge < -0.3 is 12.3 Å². The van der Waals surface area contributed by atoms with E-state index in [2.05, 4.69) is 6.92 Å². The van der Waals surface area contributed by atoms with Gasteiger partial charge in [0.1, 0.15) is 5.92 Å². The van der Waals surface area contributed by atoms with E-state index in [0.29, 0.717) is 6.42 Å². The number of carboxylic acids is 1. The first-order valence-electron chi connectivity index (χ1n) is 4.61. The number of rotatable bonds is 7. The number of amides is 1. The van der Waals surface area contributed by atoms with Gasteiger partial charge in [-0.3, -0.25) is 9.59 Å². The fourth-order valence-corrected chi connectivity index (χ4v) is 1.16. The molecule has 0 spiro atoms. The van der Waals surface area contributed by atoms with E-state index in [1.165, 1.54) is 0 Å². The van der Waals surface area contributed by atoms with Gasteiger partial charge in [0.2, 0.25) is 5.91 Å². The third-order valence-electron chi connectivity index (χ3n) is 1.99. The van der Waals surface area contributed by atoms with Crippen LogP contribution in [0.1, 0.15) is 40.5 Å². The predicted octanol–water partition coefficient (Wildman–Crippen LogP) is -1.74. The summed E-state index contributed by atoms with van der Waals surface area (Å²) in [7, 11) is 0. The molecule has 0 aromatic rings. The van der Waals surface area contributed by atoms with Gasteiger partial charge in [0.15, 0.2) is 0 Å². The van der Waals surface area contributed by atoms with Crippen LogP contribution in [0, 0.1) is 5.92 Å². The number of nitrogens with two attached hydrogens (primary N) is 1. The van der Waals surface area contributed by atoms with Crippen molar-refractivity contribution in [3.05, 3.63) is 0 Å². The molecule has 0 radical (unpaired) electrons. The second-order valence-electron chi connectivity index (χ2n) is 3.14. The van der Waals surface area contributed by atoms with Gasteiger partial charge in [-0.15, -0.1) is 0 Å². The minimum absolute atomic E-state index is 0. The summed E-state index contributed by atoms with van der Waals surface area (Å²) in [5.74, 6) is -2.84. The van der Waals surface area contributed by atoms with Crippen molar-refractivity contribution in [3.8, 4) is 0 Å². The van der Waals surface area contributed by atoms with E-state index in [9.17, 15) is 9.59 Å². The average molecular weight is 211 g/mol. The third-order valence-corrected chi connectivity index (χ3v) is 1.99. The van der Waals surface area contributed by atoms with E-state index in [-0.39, 0.29) is 31.0 Å². The molecule has 1 atom stereocenters. The molecule has 1 amide bonds. The Labute approximate surface area is 108 Å². The summed E-state index contributed by atoms with van der Waals surface area (Å²) < 4.78 is 0. The van der Waals surface area contributed by atoms with Crippen molar-refractivity contribution in [3.63, 3.8) is 0 Å². The number of hydrogen-bond acceptors (Lipinski definition) is 2. The third kappa shape index (κ3) is 7.35. The molecule has 0 bridgehead atoms. The van der Waals surface area contributed by atoms with E-state index >= 15 is 0 Å². The Morgan fingerprint density at radius 2 is 1.93 bits per heavy atom. The predicted molar refractivity (Wildman–Crippen MR) is 50.2 cm³/mol. The Hall–Kier alpha value is -0.0600. The number of hydrogen-bond donors (Lipinski definition) is 2. The Morgan fingerprint density at radius 1 is 1.36 bits per heavy atom. The summed E-state index contributed by atoms with van der Waals surface area (Å²) in [6, 6.07) is 0. The van der Waals surface area contributed by atoms with Crippen LogP contribution in [-0.2, 0) is 9.59 Å². The molecule has 1 unspecified atom stereocenters. The molecule has 0 saturated carbocycles. The fraction of sp³-hybridized carbons (Fsp3) is 0.778. The molecule has 0 fully saturated rings. The SMILES string of the molecule is CCCCCCC(C(N)=O)C(=O)O.[H-].[Na+]. The summed E-state index contributed by atoms with van der Waals surface area (Å²) >= 11 is 0. The van der Waals surface area contributed by atoms with Crippen molar-refractivity contribution >= 4 is 11.9 Å². The van der Waals surface area contributed by atoms with Gasteiger partial charge in [-0.1, -0.05) is 32.6 Å². The van der Waals surface area contributed by atoms with Crippen molar-refractivity contribution < 1.29 is 45.7 Å². The number of unbranched alkanes of at least 4 members (excludes halogenated alkanes) is 3. The van der Waals surface area contributed by atoms with E-state index in [1.54, 1.807) is 0 Å². The molecule has 14 heavy (non-hydrogen) atoms. The zero-order valence-electron chi connectivity index (χ0n) is 9.95. The first-order chi connectivity index (χ1) is 6.09. The van der Waals surface area contributed by atoms with E-state index < -0.39 is 17.8 Å². The molecule has 0 aliphatic heterocycles. The summed E-state index contributed by atoms with van der Waals surface area (Å²) in [6.45, 7) is 2.07. The second kappa shape index (κ2) is 9.49. The van der Waals surface area contributed by atoms with Crippen LogP contribution in [-0.4, -0.2) is 17.0 Å². The Kier molecular flexibility index (Phi) is 11.1. The van der Waals surface area contributed by atoms with Crippen molar-refractivity contribution in [1.82, 2.24) is 0 Å². The monoisotopic (exact) mass is 211 g/mol. The topological polar surface area (TPSA) is 80.4 Å². The number of primary amides is 1. The van der Waals surface area contributed by atoms with E-state index in [1.807, 2.05) is 0 Å². The van der Waals surface area contributed by atoms with Crippen molar-refractivity contribution in [2.24, 2.45) is 11.7 Å². The van der Waals surface area contributed by atoms with E-state index in [4.69, 9.17) is 10.8 Å². The fourth-order valence-electron chi connectivity index (χ4n) is 1.16. The molecule has 0 heterocycles. The molecule has 0 saturated heterocycles. The van der Waals surface area contributed by atoms with Crippen LogP contribution in [0.5, 0.6) is 0 Å². The Balaban J connectivity index is -0.000000720. The van der Waals surface area contributed by atoms with Gasteiger partial charge in [-0.25, -0.2) is 0 Å². The number of carboxylic acid groups (broad SMARTS) is 1. The number of carbonyl (C=O) groups is 2. The van der Waals surface area contributed by atoms with Crippen LogP contribution in [0.25, 0.3) is 0 Å². The molecule has 0 aliphatic rings. The molecule has 5 heteroatoms. The molecule has 0 rings (SSSR count). The van der Waals surface area contributed by atoms with Gasteiger partial charge in [0.25, 0.3) is 0 Å². The zero-order chi connectivity index (χ0) is 10.3. The van der Waals surface area contributed by atoms with Crippen molar-refractivity contribution in [2.45, 2.75) is 39.0 Å². The maximum Gasteiger partial charge on any atom is 1.00 e. The smallest absolute Gasteiger partial charge is 1.00 e. The largest absolute Gasteiger partial charge is 1.00 e. The Bertz CT molecular complexity index is 176. The molecular formula is C9H18NNaO3. The molecule has 4 nitrogen and oxygen atoms in total. The summed E-state index contributed by atoms with van der Waals surface area (Å²) in [5.41, 5.74) is 4.93. The van der Waals surface area contributed by atoms with Crippen LogP contribution >= 0.6 is 0 Å². The quantitative estimate of drug-likeness (QED) is 0.298. The number of aliphatic carboxylic acids is 1. The van der Waals surface area contributed by atoms with Crippen molar-refractivity contribution in [2.75, 3.05) is 0 Å². The summed E-state index contributed by atoms with van der Waals surface area (Å²) in [6.07, 6.45) is 4.26. The Morgan fingerprint density at radius 3 is 2.29 bits per heavy atom. The molecule has 0 aromatic carbocycles. The number of carbonyl (C=O) groups excluding carboxylic acids is 1. The van der Waals surface area contributed by atoms with Gasteiger partial charge in [-0.2, -0.15) is 0 Å². The van der Waals surface area contributed by atoms with E-state index in [0.717, 1.165) is 25.7 Å². The van der Waals surface area contributed by atoms with Gasteiger partial charge >= 0.3 is 35.5 Å². The maximum atomic E-state index is 10.6. The summed E-state index contributed by atoms with van der Waals surface area (Å²) in [4.78, 5) is 21.1. The molecule has 78 valence electrons. The average Bonchev–Trinajstić information content (AvgIpc) is 2.02. The maximum absolute atomic E-state index is 10.6. The molecule has 3 N–H and O–H groups in total. The first kappa shape index (κ1) is 16.4. The standard InChI is InChI=1S/C9H17NO3.Na.H/c1-2-3-4-5-6-7(8(10)11)9(12)13;;/h7H,2-6H2,1H3,(H2,10,11)(H,12,13);;/q;+1;-1. The molecular weight excluding hydrogens is 193 g/mol. The normalized spacial score (nSPS) is 11.5. The second-order valence-corrected chi connectivity index (χ2v) is 3.14. The summed E-state index contributed by atoms with van der Waals surface area (Å²) in [5, 5.41) is 8.60. The van der Waals surface area contributed by atoms with Crippen molar-refractivity contribution in [1.29, 1.82) is 0 Å². The van der Waals surface area contributed by atoms with Gasteiger partial charge in [0, 0.05) is 0 Å². The van der Waals surface area contributed by atoms with Crippen LogP contribution in [0.2, 0.25) is 0 Å².